The van der Waals surface area contributed by atoms with Crippen LogP contribution in [0.4, 0.5) is 22.0 Å². The molecule has 1 heterocycles. The topological polar surface area (TPSA) is 97.1 Å². The molecule has 1 atom stereocenters. The summed E-state index contributed by atoms with van der Waals surface area (Å²) in [5.41, 5.74) is -1.43. The zero-order valence-corrected chi connectivity index (χ0v) is 12.7. The number of carbonyl (C=O) groups is 2. The molecule has 2 aromatic rings. The monoisotopic (exact) mass is 378 g/mol. The molecule has 12 heteroatoms. The molecule has 0 aliphatic carbocycles. The first kappa shape index (κ1) is 19.3. The Kier molecular flexibility index (Phi) is 5.53. The van der Waals surface area contributed by atoms with Crippen LogP contribution in [0.2, 0.25) is 0 Å². The predicted octanol–water partition coefficient (Wildman–Crippen LogP) is 2.12. The molecular weight excluding hydrogens is 367 g/mol. The van der Waals surface area contributed by atoms with Crippen molar-refractivity contribution >= 4 is 11.9 Å². The minimum atomic E-state index is -4.58. The maximum Gasteiger partial charge on any atom is 0.416 e. The predicted molar refractivity (Wildman–Crippen MR) is 75.9 cm³/mol. The lowest BCUT2D eigenvalue weighted by molar-refractivity contribution is -0.140. The second-order valence-corrected chi connectivity index (χ2v) is 5.09. The van der Waals surface area contributed by atoms with Gasteiger partial charge in [0.1, 0.15) is 6.04 Å². The van der Waals surface area contributed by atoms with Crippen molar-refractivity contribution in [2.45, 2.75) is 25.1 Å². The normalized spacial score (nSPS) is 12.8. The number of hydrogen-bond donors (Lipinski definition) is 2. The highest BCUT2D eigenvalue weighted by molar-refractivity contribution is 5.94. The summed E-state index contributed by atoms with van der Waals surface area (Å²) in [6.45, 7) is 0. The van der Waals surface area contributed by atoms with Crippen molar-refractivity contribution in [3.8, 4) is 5.69 Å². The van der Waals surface area contributed by atoms with Crippen LogP contribution in [-0.4, -0.2) is 44.4 Å². The number of benzene rings is 1. The van der Waals surface area contributed by atoms with Gasteiger partial charge in [-0.1, -0.05) is 11.3 Å². The zero-order valence-electron chi connectivity index (χ0n) is 12.7. The Morgan fingerprint density at radius 3 is 2.54 bits per heavy atom. The summed E-state index contributed by atoms with van der Waals surface area (Å²) in [7, 11) is 0. The lowest BCUT2D eigenvalue weighted by atomic mass is 10.2. The molecule has 0 aliphatic rings. The summed E-state index contributed by atoms with van der Waals surface area (Å²) in [5, 5.41) is 17.6. The van der Waals surface area contributed by atoms with E-state index in [2.05, 4.69) is 10.3 Å². The van der Waals surface area contributed by atoms with Crippen molar-refractivity contribution in [3.05, 3.63) is 41.7 Å². The highest BCUT2D eigenvalue weighted by Crippen LogP contribution is 2.30. The SMILES string of the molecule is O=C(NC(CC(F)F)C(=O)O)c1cn(-c2cccc(C(F)(F)F)c2)nn1. The van der Waals surface area contributed by atoms with Gasteiger partial charge in [0.2, 0.25) is 6.43 Å². The molecule has 0 aliphatic heterocycles. The first-order valence-corrected chi connectivity index (χ1v) is 6.99. The lowest BCUT2D eigenvalue weighted by Gasteiger charge is -2.12. The third-order valence-corrected chi connectivity index (χ3v) is 3.18. The quantitative estimate of drug-likeness (QED) is 0.751. The van der Waals surface area contributed by atoms with E-state index in [4.69, 9.17) is 5.11 Å². The van der Waals surface area contributed by atoms with Gasteiger partial charge in [0.15, 0.2) is 5.69 Å². The number of hydrogen-bond acceptors (Lipinski definition) is 4. The highest BCUT2D eigenvalue weighted by Gasteiger charge is 2.31. The number of amides is 1. The van der Waals surface area contributed by atoms with Crippen LogP contribution in [0.25, 0.3) is 5.69 Å². The Bertz CT molecular complexity index is 806. The number of carboxylic acids is 1. The standard InChI is InChI=1S/C14H11F5N4O3/c15-11(16)5-9(13(25)26)20-12(24)10-6-23(22-21-10)8-3-1-2-7(4-8)14(17,18)19/h1-4,6,9,11H,5H2,(H,20,24)(H,25,26). The van der Waals surface area contributed by atoms with Crippen LogP contribution in [0.5, 0.6) is 0 Å². The summed E-state index contributed by atoms with van der Waals surface area (Å²) in [4.78, 5) is 22.8. The van der Waals surface area contributed by atoms with Crippen LogP contribution in [0.15, 0.2) is 30.5 Å². The zero-order chi connectivity index (χ0) is 19.5. The average molecular weight is 378 g/mol. The molecule has 2 N–H and O–H groups in total. The van der Waals surface area contributed by atoms with E-state index in [9.17, 15) is 31.5 Å². The van der Waals surface area contributed by atoms with Crippen LogP contribution in [-0.2, 0) is 11.0 Å². The third kappa shape index (κ3) is 4.74. The molecule has 0 bridgehead atoms. The Hall–Kier alpha value is -3.05. The van der Waals surface area contributed by atoms with E-state index in [0.717, 1.165) is 29.1 Å². The van der Waals surface area contributed by atoms with Crippen LogP contribution in [0, 0.1) is 0 Å². The minimum absolute atomic E-state index is 0.0475. The molecule has 26 heavy (non-hydrogen) atoms. The third-order valence-electron chi connectivity index (χ3n) is 3.18. The fourth-order valence-corrected chi connectivity index (χ4v) is 1.95. The Balaban J connectivity index is 2.19. The second kappa shape index (κ2) is 7.45. The Morgan fingerprint density at radius 1 is 1.27 bits per heavy atom. The molecule has 2 rings (SSSR count). The van der Waals surface area contributed by atoms with Crippen molar-refractivity contribution in [2.75, 3.05) is 0 Å². The van der Waals surface area contributed by atoms with Crippen LogP contribution in [0.3, 0.4) is 0 Å². The van der Waals surface area contributed by atoms with Crippen molar-refractivity contribution in [1.82, 2.24) is 20.3 Å². The number of nitrogens with one attached hydrogen (secondary N) is 1. The molecule has 1 aromatic heterocycles. The van der Waals surface area contributed by atoms with Gasteiger partial charge in [-0.05, 0) is 18.2 Å². The number of alkyl halides is 5. The summed E-state index contributed by atoms with van der Waals surface area (Å²) in [6, 6.07) is 2.18. The number of nitrogens with zero attached hydrogens (tertiary/aromatic N) is 3. The van der Waals surface area contributed by atoms with Gasteiger partial charge in [-0.3, -0.25) is 4.79 Å². The second-order valence-electron chi connectivity index (χ2n) is 5.09. The summed E-state index contributed by atoms with van der Waals surface area (Å²) >= 11 is 0. The average Bonchev–Trinajstić information content (AvgIpc) is 3.03. The van der Waals surface area contributed by atoms with E-state index in [-0.39, 0.29) is 5.69 Å². The smallest absolute Gasteiger partial charge is 0.416 e. The van der Waals surface area contributed by atoms with E-state index in [0.29, 0.717) is 0 Å². The summed E-state index contributed by atoms with van der Waals surface area (Å²) in [6.07, 6.45) is -7.70. The Morgan fingerprint density at radius 2 is 1.96 bits per heavy atom. The maximum atomic E-state index is 12.7. The molecule has 0 saturated heterocycles. The summed E-state index contributed by atoms with van der Waals surface area (Å²) in [5.74, 6) is -2.76. The van der Waals surface area contributed by atoms with Gasteiger partial charge >= 0.3 is 12.1 Å². The molecule has 0 saturated carbocycles. The number of aliphatic carboxylic acids is 1. The van der Waals surface area contributed by atoms with Gasteiger partial charge in [0.25, 0.3) is 5.91 Å². The molecule has 0 spiro atoms. The molecule has 0 radical (unpaired) electrons. The number of carbonyl (C=O) groups excluding carboxylic acids is 1. The fraction of sp³-hybridized carbons (Fsp3) is 0.286. The number of halogens is 5. The molecule has 7 nitrogen and oxygen atoms in total. The van der Waals surface area contributed by atoms with Gasteiger partial charge in [0, 0.05) is 6.42 Å². The van der Waals surface area contributed by atoms with E-state index in [1.54, 1.807) is 0 Å². The van der Waals surface area contributed by atoms with Crippen LogP contribution < -0.4 is 5.32 Å². The van der Waals surface area contributed by atoms with E-state index in [1.165, 1.54) is 6.07 Å². The highest BCUT2D eigenvalue weighted by atomic mass is 19.4. The van der Waals surface area contributed by atoms with Crippen LogP contribution in [0.1, 0.15) is 22.5 Å². The number of aromatic nitrogens is 3. The van der Waals surface area contributed by atoms with Gasteiger partial charge in [-0.15, -0.1) is 5.10 Å². The van der Waals surface area contributed by atoms with Crippen LogP contribution >= 0.6 is 0 Å². The molecule has 140 valence electrons. The van der Waals surface area contributed by atoms with Crippen molar-refractivity contribution < 1.29 is 36.6 Å². The fourth-order valence-electron chi connectivity index (χ4n) is 1.95. The van der Waals surface area contributed by atoms with Crippen molar-refractivity contribution in [3.63, 3.8) is 0 Å². The number of rotatable bonds is 6. The lowest BCUT2D eigenvalue weighted by Crippen LogP contribution is -2.42. The van der Waals surface area contributed by atoms with Crippen molar-refractivity contribution in [1.29, 1.82) is 0 Å². The molecule has 1 amide bonds. The molecule has 1 aromatic carbocycles. The Labute approximate surface area is 142 Å². The summed E-state index contributed by atoms with van der Waals surface area (Å²) < 4.78 is 63.6. The van der Waals surface area contributed by atoms with Gasteiger partial charge in [0.05, 0.1) is 17.4 Å². The van der Waals surface area contributed by atoms with E-state index >= 15 is 0 Å². The number of carboxylic acid groups (broad SMARTS) is 1. The van der Waals surface area contributed by atoms with E-state index in [1.807, 2.05) is 5.32 Å². The molecular formula is C14H11F5N4O3. The maximum absolute atomic E-state index is 12.7. The van der Waals surface area contributed by atoms with Crippen molar-refractivity contribution in [2.24, 2.45) is 0 Å². The minimum Gasteiger partial charge on any atom is -0.480 e. The van der Waals surface area contributed by atoms with Gasteiger partial charge in [-0.2, -0.15) is 13.2 Å². The van der Waals surface area contributed by atoms with Gasteiger partial charge in [-0.25, -0.2) is 18.3 Å². The first-order chi connectivity index (χ1) is 12.1. The van der Waals surface area contributed by atoms with E-state index < -0.39 is 48.2 Å². The van der Waals surface area contributed by atoms with Gasteiger partial charge < -0.3 is 10.4 Å². The molecule has 0 fully saturated rings. The first-order valence-electron chi connectivity index (χ1n) is 6.99. The molecule has 1 unspecified atom stereocenters. The largest absolute Gasteiger partial charge is 0.480 e.